The fourth-order valence-electron chi connectivity index (χ4n) is 1.34. The smallest absolute Gasteiger partial charge is 0.550 e. The van der Waals surface area contributed by atoms with Gasteiger partial charge in [-0.25, -0.2) is 0 Å². The molecule has 0 bridgehead atoms. The van der Waals surface area contributed by atoms with E-state index in [1.807, 2.05) is 20.8 Å². The molecule has 0 spiro atoms. The first-order valence-electron chi connectivity index (χ1n) is 5.09. The van der Waals surface area contributed by atoms with Gasteiger partial charge in [0.25, 0.3) is 0 Å². The van der Waals surface area contributed by atoms with Crippen LogP contribution in [0.4, 0.5) is 0 Å². The number of carboxylic acids is 2. The van der Waals surface area contributed by atoms with Gasteiger partial charge in [0.2, 0.25) is 0 Å². The average molecular weight is 238 g/mol. The Morgan fingerprint density at radius 3 is 2.00 bits per heavy atom. The summed E-state index contributed by atoms with van der Waals surface area (Å²) in [7, 11) is 0. The third-order valence-corrected chi connectivity index (χ3v) is 2.50. The van der Waals surface area contributed by atoms with E-state index >= 15 is 0 Å². The fraction of sp³-hybridized carbons (Fsp3) is 0.818. The standard InChI is InChI=1S/C11H20O4.Na/c1-7(9(12)13)8(10(14)15)5-6-11(2,3)4;/h7-8H,5-6H2,1-4H3,(H,12,13)(H,14,15);/q;+1/p-1. The Morgan fingerprint density at radius 2 is 1.75 bits per heavy atom. The van der Waals surface area contributed by atoms with E-state index in [-0.39, 0.29) is 35.0 Å². The zero-order valence-electron chi connectivity index (χ0n) is 10.7. The largest absolute Gasteiger partial charge is 1.00 e. The first-order chi connectivity index (χ1) is 6.65. The average Bonchev–Trinajstić information content (AvgIpc) is 2.01. The zero-order valence-corrected chi connectivity index (χ0v) is 12.7. The Hall–Kier alpha value is -0.0600. The van der Waals surface area contributed by atoms with E-state index < -0.39 is 23.8 Å². The van der Waals surface area contributed by atoms with Crippen LogP contribution in [0.15, 0.2) is 0 Å². The van der Waals surface area contributed by atoms with Crippen molar-refractivity contribution in [2.24, 2.45) is 17.3 Å². The number of rotatable bonds is 5. The second-order valence-electron chi connectivity index (χ2n) is 5.15. The quantitative estimate of drug-likeness (QED) is 0.557. The van der Waals surface area contributed by atoms with Gasteiger partial charge in [-0.1, -0.05) is 27.7 Å². The number of hydrogen-bond donors (Lipinski definition) is 1. The minimum absolute atomic E-state index is 0. The molecule has 4 nitrogen and oxygen atoms in total. The molecule has 0 aromatic heterocycles. The monoisotopic (exact) mass is 238 g/mol. The van der Waals surface area contributed by atoms with Crippen molar-refractivity contribution in [3.8, 4) is 0 Å². The molecule has 0 aliphatic heterocycles. The Labute approximate surface area is 119 Å². The normalized spacial score (nSPS) is 14.8. The minimum Gasteiger partial charge on any atom is -0.550 e. The Bertz CT molecular complexity index is 245. The maximum absolute atomic E-state index is 10.9. The van der Waals surface area contributed by atoms with Crippen molar-refractivity contribution < 1.29 is 49.4 Å². The number of carbonyl (C=O) groups excluding carboxylic acids is 1. The van der Waals surface area contributed by atoms with Gasteiger partial charge in [0, 0.05) is 11.9 Å². The van der Waals surface area contributed by atoms with Gasteiger partial charge < -0.3 is 15.0 Å². The molecule has 0 saturated carbocycles. The Morgan fingerprint density at radius 1 is 1.31 bits per heavy atom. The van der Waals surface area contributed by atoms with Crippen LogP contribution in [0.25, 0.3) is 0 Å². The summed E-state index contributed by atoms with van der Waals surface area (Å²) in [6.45, 7) is 7.37. The van der Waals surface area contributed by atoms with Crippen molar-refractivity contribution in [2.75, 3.05) is 0 Å². The second-order valence-corrected chi connectivity index (χ2v) is 5.15. The van der Waals surface area contributed by atoms with Crippen molar-refractivity contribution in [3.05, 3.63) is 0 Å². The van der Waals surface area contributed by atoms with Gasteiger partial charge in [0.1, 0.15) is 0 Å². The molecule has 0 rings (SSSR count). The molecule has 0 fully saturated rings. The van der Waals surface area contributed by atoms with Crippen molar-refractivity contribution in [1.29, 1.82) is 0 Å². The van der Waals surface area contributed by atoms with Crippen LogP contribution >= 0.6 is 0 Å². The molecule has 88 valence electrons. The minimum atomic E-state index is -1.30. The molecule has 0 saturated heterocycles. The molecule has 16 heavy (non-hydrogen) atoms. The molecule has 0 amide bonds. The summed E-state index contributed by atoms with van der Waals surface area (Å²) in [6.07, 6.45) is 1.05. The predicted octanol–water partition coefficient (Wildman–Crippen LogP) is -2.10. The van der Waals surface area contributed by atoms with Crippen molar-refractivity contribution in [2.45, 2.75) is 40.5 Å². The summed E-state index contributed by atoms with van der Waals surface area (Å²) in [6, 6.07) is 0. The number of aliphatic carboxylic acids is 2. The summed E-state index contributed by atoms with van der Waals surface area (Å²) in [5.41, 5.74) is 0.0132. The summed E-state index contributed by atoms with van der Waals surface area (Å²) < 4.78 is 0. The van der Waals surface area contributed by atoms with E-state index in [9.17, 15) is 14.7 Å². The molecule has 0 aliphatic carbocycles. The molecule has 0 radical (unpaired) electrons. The molecule has 2 atom stereocenters. The van der Waals surface area contributed by atoms with E-state index in [1.165, 1.54) is 6.92 Å². The van der Waals surface area contributed by atoms with Gasteiger partial charge in [0.05, 0.1) is 5.92 Å². The third kappa shape index (κ3) is 7.25. The molecule has 0 aromatic rings. The molecule has 0 heterocycles. The maximum Gasteiger partial charge on any atom is 1.00 e. The maximum atomic E-state index is 10.9. The van der Waals surface area contributed by atoms with Crippen LogP contribution in [0.2, 0.25) is 0 Å². The molecule has 1 N–H and O–H groups in total. The van der Waals surface area contributed by atoms with Crippen LogP contribution < -0.4 is 34.7 Å². The molecule has 0 aliphatic rings. The van der Waals surface area contributed by atoms with Crippen LogP contribution in [0, 0.1) is 17.3 Å². The van der Waals surface area contributed by atoms with Crippen molar-refractivity contribution >= 4 is 11.9 Å². The van der Waals surface area contributed by atoms with Crippen LogP contribution in [-0.4, -0.2) is 17.0 Å². The van der Waals surface area contributed by atoms with Gasteiger partial charge in [-0.2, -0.15) is 0 Å². The molecular weight excluding hydrogens is 219 g/mol. The van der Waals surface area contributed by atoms with E-state index in [4.69, 9.17) is 5.11 Å². The van der Waals surface area contributed by atoms with Gasteiger partial charge in [-0.3, -0.25) is 4.79 Å². The SMILES string of the molecule is CC(C(=O)[O-])C(CCC(C)(C)C)C(=O)O.[Na+]. The van der Waals surface area contributed by atoms with E-state index in [0.29, 0.717) is 12.8 Å². The van der Waals surface area contributed by atoms with Crippen LogP contribution in [-0.2, 0) is 9.59 Å². The Balaban J connectivity index is 0. The Kier molecular flexibility index (Phi) is 8.36. The molecule has 0 aromatic carbocycles. The second kappa shape index (κ2) is 7.30. The summed E-state index contributed by atoms with van der Waals surface area (Å²) >= 11 is 0. The van der Waals surface area contributed by atoms with Crippen LogP contribution in [0.3, 0.4) is 0 Å². The summed E-state index contributed by atoms with van der Waals surface area (Å²) in [5.74, 6) is -4.15. The molecule has 2 unspecified atom stereocenters. The molecular formula is C11H19NaO4. The third-order valence-electron chi connectivity index (χ3n) is 2.50. The van der Waals surface area contributed by atoms with Crippen LogP contribution in [0.5, 0.6) is 0 Å². The topological polar surface area (TPSA) is 77.4 Å². The number of hydrogen-bond acceptors (Lipinski definition) is 3. The van der Waals surface area contributed by atoms with E-state index in [2.05, 4.69) is 0 Å². The first kappa shape index (κ1) is 18.3. The van der Waals surface area contributed by atoms with Crippen LogP contribution in [0.1, 0.15) is 40.5 Å². The van der Waals surface area contributed by atoms with E-state index in [0.717, 1.165) is 0 Å². The summed E-state index contributed by atoms with van der Waals surface area (Å²) in [4.78, 5) is 21.5. The van der Waals surface area contributed by atoms with Crippen molar-refractivity contribution in [3.63, 3.8) is 0 Å². The van der Waals surface area contributed by atoms with Gasteiger partial charge in [-0.15, -0.1) is 0 Å². The fourth-order valence-corrected chi connectivity index (χ4v) is 1.34. The molecule has 5 heteroatoms. The van der Waals surface area contributed by atoms with Crippen molar-refractivity contribution in [1.82, 2.24) is 0 Å². The number of carboxylic acid groups (broad SMARTS) is 2. The number of carbonyl (C=O) groups is 2. The van der Waals surface area contributed by atoms with E-state index in [1.54, 1.807) is 0 Å². The van der Waals surface area contributed by atoms with Gasteiger partial charge >= 0.3 is 35.5 Å². The zero-order chi connectivity index (χ0) is 12.2. The first-order valence-corrected chi connectivity index (χ1v) is 5.09. The predicted molar refractivity (Wildman–Crippen MR) is 54.0 cm³/mol. The van der Waals surface area contributed by atoms with Gasteiger partial charge in [0.15, 0.2) is 0 Å². The summed E-state index contributed by atoms with van der Waals surface area (Å²) in [5, 5.41) is 19.5. The van der Waals surface area contributed by atoms with Gasteiger partial charge in [-0.05, 0) is 18.3 Å².